The first-order valence-corrected chi connectivity index (χ1v) is 5.75. The molecule has 1 fully saturated rings. The molecule has 3 heterocycles. The second-order valence-corrected chi connectivity index (χ2v) is 4.29. The third-order valence-electron chi connectivity index (χ3n) is 3.03. The van der Waals surface area contributed by atoms with Crippen molar-refractivity contribution in [2.75, 3.05) is 6.54 Å². The van der Waals surface area contributed by atoms with Gasteiger partial charge in [-0.3, -0.25) is 0 Å². The highest BCUT2D eigenvalue weighted by Gasteiger charge is 2.15. The van der Waals surface area contributed by atoms with E-state index in [1.54, 1.807) is 4.52 Å². The molecule has 0 bridgehead atoms. The smallest absolute Gasteiger partial charge is 0.252 e. The molecule has 0 radical (unpaired) electrons. The van der Waals surface area contributed by atoms with E-state index < -0.39 is 0 Å². The molecule has 5 heteroatoms. The van der Waals surface area contributed by atoms with E-state index in [-0.39, 0.29) is 0 Å². The van der Waals surface area contributed by atoms with Gasteiger partial charge in [-0.15, -0.1) is 0 Å². The topological polar surface area (TPSA) is 55.1 Å². The molecule has 1 aliphatic rings. The van der Waals surface area contributed by atoms with Crippen molar-refractivity contribution in [1.82, 2.24) is 24.9 Å². The predicted octanol–water partition coefficient (Wildman–Crippen LogP) is 1.25. The highest BCUT2D eigenvalue weighted by Crippen LogP contribution is 2.21. The average Bonchev–Trinajstić information content (AvgIpc) is 2.69. The van der Waals surface area contributed by atoms with Crippen LogP contribution in [-0.4, -0.2) is 26.1 Å². The zero-order valence-electron chi connectivity index (χ0n) is 9.35. The molecule has 3 rings (SSSR count). The zero-order valence-corrected chi connectivity index (χ0v) is 9.35. The molecule has 1 atom stereocenters. The van der Waals surface area contributed by atoms with E-state index in [9.17, 15) is 0 Å². The van der Waals surface area contributed by atoms with Gasteiger partial charge in [-0.1, -0.05) is 6.42 Å². The number of aromatic nitrogens is 4. The molecule has 16 heavy (non-hydrogen) atoms. The molecule has 1 unspecified atom stereocenters. The molecule has 0 amide bonds. The summed E-state index contributed by atoms with van der Waals surface area (Å²) in [4.78, 5) is 8.55. The van der Waals surface area contributed by atoms with Gasteiger partial charge >= 0.3 is 0 Å². The van der Waals surface area contributed by atoms with Gasteiger partial charge in [0, 0.05) is 24.0 Å². The van der Waals surface area contributed by atoms with Crippen molar-refractivity contribution >= 4 is 5.78 Å². The Labute approximate surface area is 93.9 Å². The average molecular weight is 217 g/mol. The Balaban J connectivity index is 1.97. The van der Waals surface area contributed by atoms with Crippen LogP contribution in [-0.2, 0) is 0 Å². The minimum absolute atomic E-state index is 0.426. The number of rotatable bonds is 1. The van der Waals surface area contributed by atoms with Crippen molar-refractivity contribution in [2.45, 2.75) is 32.2 Å². The SMILES string of the molecule is Cc1nc2ncc(C3CCCCN3)cn2n1. The Morgan fingerprint density at radius 3 is 3.19 bits per heavy atom. The van der Waals surface area contributed by atoms with Crippen LogP contribution in [0.15, 0.2) is 12.4 Å². The Hall–Kier alpha value is -1.49. The fourth-order valence-corrected chi connectivity index (χ4v) is 2.22. The summed E-state index contributed by atoms with van der Waals surface area (Å²) in [5.41, 5.74) is 1.21. The maximum atomic E-state index is 4.33. The van der Waals surface area contributed by atoms with Crippen molar-refractivity contribution in [3.05, 3.63) is 23.8 Å². The van der Waals surface area contributed by atoms with Crippen molar-refractivity contribution in [2.24, 2.45) is 0 Å². The lowest BCUT2D eigenvalue weighted by atomic mass is 10.0. The van der Waals surface area contributed by atoms with Gasteiger partial charge in [0.1, 0.15) is 5.82 Å². The number of hydrogen-bond acceptors (Lipinski definition) is 4. The van der Waals surface area contributed by atoms with Gasteiger partial charge in [-0.25, -0.2) is 9.50 Å². The van der Waals surface area contributed by atoms with Crippen LogP contribution < -0.4 is 5.32 Å². The van der Waals surface area contributed by atoms with E-state index >= 15 is 0 Å². The molecular weight excluding hydrogens is 202 g/mol. The summed E-state index contributed by atoms with van der Waals surface area (Å²) in [6.07, 6.45) is 7.68. The lowest BCUT2D eigenvalue weighted by Gasteiger charge is -2.23. The van der Waals surface area contributed by atoms with Gasteiger partial charge in [0.15, 0.2) is 0 Å². The van der Waals surface area contributed by atoms with E-state index in [1.165, 1.54) is 24.8 Å². The number of aryl methyl sites for hydroxylation is 1. The van der Waals surface area contributed by atoms with Crippen LogP contribution >= 0.6 is 0 Å². The zero-order chi connectivity index (χ0) is 11.0. The summed E-state index contributed by atoms with van der Waals surface area (Å²) in [7, 11) is 0. The summed E-state index contributed by atoms with van der Waals surface area (Å²) >= 11 is 0. The summed E-state index contributed by atoms with van der Waals surface area (Å²) in [6.45, 7) is 2.98. The molecule has 2 aromatic rings. The summed E-state index contributed by atoms with van der Waals surface area (Å²) in [5.74, 6) is 1.44. The van der Waals surface area contributed by atoms with Crippen LogP contribution in [0.2, 0.25) is 0 Å². The number of piperidine rings is 1. The molecule has 0 aliphatic carbocycles. The normalized spacial score (nSPS) is 21.4. The standard InChI is InChI=1S/C11H15N5/c1-8-14-11-13-6-9(7-16(11)15-8)10-4-2-3-5-12-10/h6-7,10,12H,2-5H2,1H3. The van der Waals surface area contributed by atoms with Crippen molar-refractivity contribution in [3.8, 4) is 0 Å². The molecule has 5 nitrogen and oxygen atoms in total. The monoisotopic (exact) mass is 217 g/mol. The Bertz CT molecular complexity index is 498. The minimum atomic E-state index is 0.426. The van der Waals surface area contributed by atoms with Crippen LogP contribution in [0.4, 0.5) is 0 Å². The highest BCUT2D eigenvalue weighted by atomic mass is 15.3. The second kappa shape index (κ2) is 3.83. The molecule has 1 saturated heterocycles. The fraction of sp³-hybridized carbons (Fsp3) is 0.545. The molecule has 2 aromatic heterocycles. The van der Waals surface area contributed by atoms with Crippen molar-refractivity contribution in [3.63, 3.8) is 0 Å². The quantitative estimate of drug-likeness (QED) is 0.781. The molecular formula is C11H15N5. The first kappa shape index (κ1) is 9.72. The molecule has 1 aliphatic heterocycles. The van der Waals surface area contributed by atoms with Gasteiger partial charge < -0.3 is 5.32 Å². The highest BCUT2D eigenvalue weighted by molar-refractivity contribution is 5.28. The minimum Gasteiger partial charge on any atom is -0.310 e. The number of hydrogen-bond donors (Lipinski definition) is 1. The van der Waals surface area contributed by atoms with Crippen LogP contribution in [0.3, 0.4) is 0 Å². The van der Waals surface area contributed by atoms with Gasteiger partial charge in [0.25, 0.3) is 5.78 Å². The number of nitrogens with one attached hydrogen (secondary N) is 1. The van der Waals surface area contributed by atoms with E-state index in [2.05, 4.69) is 20.4 Å². The van der Waals surface area contributed by atoms with Gasteiger partial charge in [0.05, 0.1) is 0 Å². The largest absolute Gasteiger partial charge is 0.310 e. The predicted molar refractivity (Wildman–Crippen MR) is 60.1 cm³/mol. The molecule has 0 spiro atoms. The first-order chi connectivity index (χ1) is 7.83. The lowest BCUT2D eigenvalue weighted by molar-refractivity contribution is 0.410. The van der Waals surface area contributed by atoms with Crippen LogP contribution in [0.5, 0.6) is 0 Å². The third-order valence-corrected chi connectivity index (χ3v) is 3.03. The number of nitrogens with zero attached hydrogens (tertiary/aromatic N) is 4. The Kier molecular flexibility index (Phi) is 2.32. The van der Waals surface area contributed by atoms with E-state index in [4.69, 9.17) is 0 Å². The Morgan fingerprint density at radius 2 is 2.38 bits per heavy atom. The summed E-state index contributed by atoms with van der Waals surface area (Å²) in [6, 6.07) is 0.426. The Morgan fingerprint density at radius 1 is 1.44 bits per heavy atom. The maximum absolute atomic E-state index is 4.33. The van der Waals surface area contributed by atoms with E-state index in [0.29, 0.717) is 11.8 Å². The van der Waals surface area contributed by atoms with Crippen LogP contribution in [0.25, 0.3) is 5.78 Å². The maximum Gasteiger partial charge on any atom is 0.252 e. The summed E-state index contributed by atoms with van der Waals surface area (Å²) < 4.78 is 1.76. The molecule has 1 N–H and O–H groups in total. The van der Waals surface area contributed by atoms with Crippen molar-refractivity contribution < 1.29 is 0 Å². The molecule has 0 saturated carbocycles. The van der Waals surface area contributed by atoms with Gasteiger partial charge in [0.2, 0.25) is 0 Å². The number of fused-ring (bicyclic) bond motifs is 1. The second-order valence-electron chi connectivity index (χ2n) is 4.29. The van der Waals surface area contributed by atoms with Crippen molar-refractivity contribution in [1.29, 1.82) is 0 Å². The third kappa shape index (κ3) is 1.67. The van der Waals surface area contributed by atoms with Gasteiger partial charge in [-0.05, 0) is 26.3 Å². The lowest BCUT2D eigenvalue weighted by Crippen LogP contribution is -2.27. The molecule has 84 valence electrons. The van der Waals surface area contributed by atoms with Crippen LogP contribution in [0, 0.1) is 6.92 Å². The van der Waals surface area contributed by atoms with E-state index in [1.807, 2.05) is 19.3 Å². The summed E-state index contributed by atoms with van der Waals surface area (Å²) in [5, 5.41) is 7.79. The van der Waals surface area contributed by atoms with Gasteiger partial charge in [-0.2, -0.15) is 10.1 Å². The first-order valence-electron chi connectivity index (χ1n) is 5.75. The fourth-order valence-electron chi connectivity index (χ4n) is 2.22. The molecule has 0 aromatic carbocycles. The van der Waals surface area contributed by atoms with E-state index in [0.717, 1.165) is 12.4 Å². The van der Waals surface area contributed by atoms with Crippen LogP contribution in [0.1, 0.15) is 36.7 Å².